The van der Waals surface area contributed by atoms with Gasteiger partial charge in [-0.3, -0.25) is 9.59 Å². The molecule has 0 saturated carbocycles. The molecule has 0 saturated heterocycles. The Balaban J connectivity index is 1.91. The van der Waals surface area contributed by atoms with Crippen LogP contribution in [0.4, 0.5) is 4.39 Å². The third-order valence-electron chi connectivity index (χ3n) is 2.96. The van der Waals surface area contributed by atoms with Crippen LogP contribution in [0.3, 0.4) is 0 Å². The lowest BCUT2D eigenvalue weighted by Gasteiger charge is -2.02. The monoisotopic (exact) mass is 278 g/mol. The normalized spacial score (nSPS) is 10.7. The Kier molecular flexibility index (Phi) is 4.34. The average Bonchev–Trinajstić information content (AvgIpc) is 2.83. The lowest BCUT2D eigenvalue weighted by atomic mass is 10.2. The number of benzene rings is 1. The summed E-state index contributed by atoms with van der Waals surface area (Å²) in [5, 5.41) is 11.5. The van der Waals surface area contributed by atoms with E-state index >= 15 is 0 Å². The number of hydrogen-bond donors (Lipinski definition) is 3. The molecule has 0 spiro atoms. The molecule has 1 heterocycles. The van der Waals surface area contributed by atoms with Crippen LogP contribution in [0.1, 0.15) is 29.8 Å². The van der Waals surface area contributed by atoms with E-state index in [2.05, 4.69) is 10.3 Å². The number of rotatable bonds is 6. The van der Waals surface area contributed by atoms with Crippen LogP contribution in [0.15, 0.2) is 24.3 Å². The van der Waals surface area contributed by atoms with Gasteiger partial charge in [-0.2, -0.15) is 0 Å². The number of fused-ring (bicyclic) bond motifs is 1. The molecule has 1 aromatic carbocycles. The number of carbonyl (C=O) groups excluding carboxylic acids is 1. The van der Waals surface area contributed by atoms with Crippen molar-refractivity contribution in [3.8, 4) is 0 Å². The number of halogens is 1. The zero-order valence-corrected chi connectivity index (χ0v) is 10.8. The summed E-state index contributed by atoms with van der Waals surface area (Å²) in [5.74, 6) is -1.54. The highest BCUT2D eigenvalue weighted by Crippen LogP contribution is 2.18. The number of carboxylic acids is 1. The summed E-state index contributed by atoms with van der Waals surface area (Å²) in [7, 11) is 0. The van der Waals surface area contributed by atoms with Gasteiger partial charge in [0, 0.05) is 23.9 Å². The maximum absolute atomic E-state index is 13.5. The van der Waals surface area contributed by atoms with Crippen LogP contribution >= 0.6 is 0 Å². The number of nitrogens with one attached hydrogen (secondary N) is 2. The molecule has 1 aromatic heterocycles. The summed E-state index contributed by atoms with van der Waals surface area (Å²) in [6, 6.07) is 6.07. The van der Waals surface area contributed by atoms with Gasteiger partial charge in [0.15, 0.2) is 0 Å². The summed E-state index contributed by atoms with van der Waals surface area (Å²) in [5.41, 5.74) is 0.865. The fourth-order valence-corrected chi connectivity index (χ4v) is 1.94. The van der Waals surface area contributed by atoms with E-state index in [1.54, 1.807) is 12.1 Å². The van der Waals surface area contributed by atoms with Crippen LogP contribution in [0.5, 0.6) is 0 Å². The van der Waals surface area contributed by atoms with E-state index < -0.39 is 5.97 Å². The number of unbranched alkanes of at least 4 members (excludes halogenated alkanes) is 1. The molecule has 5 nitrogen and oxygen atoms in total. The number of carbonyl (C=O) groups is 2. The van der Waals surface area contributed by atoms with Crippen molar-refractivity contribution in [2.45, 2.75) is 19.3 Å². The van der Waals surface area contributed by atoms with E-state index in [1.807, 2.05) is 0 Å². The molecule has 0 fully saturated rings. The molecular formula is C14H15FN2O3. The van der Waals surface area contributed by atoms with Crippen LogP contribution in [-0.2, 0) is 4.79 Å². The van der Waals surface area contributed by atoms with Crippen molar-refractivity contribution < 1.29 is 19.1 Å². The molecule has 6 heteroatoms. The molecule has 0 aliphatic rings. The van der Waals surface area contributed by atoms with Crippen molar-refractivity contribution in [3.05, 3.63) is 35.8 Å². The second-order valence-corrected chi connectivity index (χ2v) is 4.49. The highest BCUT2D eigenvalue weighted by atomic mass is 19.1. The minimum atomic E-state index is -0.845. The maximum atomic E-state index is 13.5. The predicted molar refractivity (Wildman–Crippen MR) is 72.1 cm³/mol. The van der Waals surface area contributed by atoms with Crippen LogP contribution < -0.4 is 5.32 Å². The molecule has 2 aromatic rings. The largest absolute Gasteiger partial charge is 0.481 e. The molecule has 0 atom stereocenters. The first-order valence-corrected chi connectivity index (χ1v) is 6.35. The Hall–Kier alpha value is -2.37. The minimum Gasteiger partial charge on any atom is -0.481 e. The molecule has 0 unspecified atom stereocenters. The first-order chi connectivity index (χ1) is 9.58. The van der Waals surface area contributed by atoms with Gasteiger partial charge < -0.3 is 15.4 Å². The Bertz CT molecular complexity index is 636. The molecular weight excluding hydrogens is 263 g/mol. The lowest BCUT2D eigenvalue weighted by molar-refractivity contribution is -0.137. The van der Waals surface area contributed by atoms with E-state index in [0.717, 1.165) is 0 Å². The van der Waals surface area contributed by atoms with E-state index in [4.69, 9.17) is 5.11 Å². The van der Waals surface area contributed by atoms with Crippen molar-refractivity contribution in [3.63, 3.8) is 0 Å². The number of amides is 1. The Morgan fingerprint density at radius 2 is 2.10 bits per heavy atom. The fourth-order valence-electron chi connectivity index (χ4n) is 1.94. The van der Waals surface area contributed by atoms with Gasteiger partial charge in [-0.05, 0) is 31.0 Å². The third-order valence-corrected chi connectivity index (χ3v) is 2.96. The van der Waals surface area contributed by atoms with Gasteiger partial charge in [-0.1, -0.05) is 6.07 Å². The first kappa shape index (κ1) is 14.0. The van der Waals surface area contributed by atoms with E-state index in [9.17, 15) is 14.0 Å². The number of carboxylic acid groups (broad SMARTS) is 1. The number of aliphatic carboxylic acids is 1. The van der Waals surface area contributed by atoms with Gasteiger partial charge in [0.25, 0.3) is 5.91 Å². The van der Waals surface area contributed by atoms with E-state index in [1.165, 1.54) is 12.1 Å². The standard InChI is InChI=1S/C14H15FN2O3/c15-10-4-3-5-11-9(10)8-12(17-11)14(20)16-7-2-1-6-13(18)19/h3-5,8,17H,1-2,6-7H2,(H,16,20)(H,18,19). The summed E-state index contributed by atoms with van der Waals surface area (Å²) >= 11 is 0. The van der Waals surface area contributed by atoms with Gasteiger partial charge in [0.05, 0.1) is 0 Å². The molecule has 1 amide bonds. The van der Waals surface area contributed by atoms with Crippen molar-refractivity contribution in [1.29, 1.82) is 0 Å². The van der Waals surface area contributed by atoms with Crippen LogP contribution in [-0.4, -0.2) is 28.5 Å². The highest BCUT2D eigenvalue weighted by Gasteiger charge is 2.11. The summed E-state index contributed by atoms with van der Waals surface area (Å²) < 4.78 is 13.5. The molecule has 0 aliphatic carbocycles. The SMILES string of the molecule is O=C(O)CCCCNC(=O)c1cc2c(F)cccc2[nH]1. The number of hydrogen-bond acceptors (Lipinski definition) is 2. The molecule has 20 heavy (non-hydrogen) atoms. The van der Waals surface area contributed by atoms with Gasteiger partial charge in [-0.15, -0.1) is 0 Å². The van der Waals surface area contributed by atoms with Gasteiger partial charge in [-0.25, -0.2) is 4.39 Å². The predicted octanol–water partition coefficient (Wildman–Crippen LogP) is 2.29. The van der Waals surface area contributed by atoms with Crippen molar-refractivity contribution in [2.24, 2.45) is 0 Å². The smallest absolute Gasteiger partial charge is 0.303 e. The van der Waals surface area contributed by atoms with Crippen LogP contribution in [0.25, 0.3) is 10.9 Å². The molecule has 0 bridgehead atoms. The summed E-state index contributed by atoms with van der Waals surface area (Å²) in [4.78, 5) is 25.0. The Morgan fingerprint density at radius 3 is 2.80 bits per heavy atom. The number of aromatic nitrogens is 1. The molecule has 2 rings (SSSR count). The second kappa shape index (κ2) is 6.18. The quantitative estimate of drug-likeness (QED) is 0.709. The topological polar surface area (TPSA) is 82.2 Å². The lowest BCUT2D eigenvalue weighted by Crippen LogP contribution is -2.24. The fraction of sp³-hybridized carbons (Fsp3) is 0.286. The first-order valence-electron chi connectivity index (χ1n) is 6.35. The summed E-state index contributed by atoms with van der Waals surface area (Å²) in [6.07, 6.45) is 1.19. The summed E-state index contributed by atoms with van der Waals surface area (Å²) in [6.45, 7) is 0.393. The van der Waals surface area contributed by atoms with Crippen LogP contribution in [0.2, 0.25) is 0 Å². The molecule has 0 aliphatic heterocycles. The minimum absolute atomic E-state index is 0.0907. The molecule has 0 radical (unpaired) electrons. The Labute approximate surface area is 114 Å². The van der Waals surface area contributed by atoms with E-state index in [-0.39, 0.29) is 18.1 Å². The molecule has 106 valence electrons. The van der Waals surface area contributed by atoms with Gasteiger partial charge in [0.2, 0.25) is 0 Å². The third kappa shape index (κ3) is 3.34. The van der Waals surface area contributed by atoms with E-state index in [0.29, 0.717) is 36.0 Å². The van der Waals surface area contributed by atoms with Crippen LogP contribution in [0, 0.1) is 5.82 Å². The van der Waals surface area contributed by atoms with Gasteiger partial charge >= 0.3 is 5.97 Å². The molecule has 3 N–H and O–H groups in total. The van der Waals surface area contributed by atoms with Crippen molar-refractivity contribution in [1.82, 2.24) is 10.3 Å². The van der Waals surface area contributed by atoms with Gasteiger partial charge in [0.1, 0.15) is 11.5 Å². The zero-order chi connectivity index (χ0) is 14.5. The second-order valence-electron chi connectivity index (χ2n) is 4.49. The van der Waals surface area contributed by atoms with Crippen molar-refractivity contribution in [2.75, 3.05) is 6.54 Å². The zero-order valence-electron chi connectivity index (χ0n) is 10.8. The number of aromatic amines is 1. The average molecular weight is 278 g/mol. The highest BCUT2D eigenvalue weighted by molar-refractivity contribution is 5.98. The maximum Gasteiger partial charge on any atom is 0.303 e. The Morgan fingerprint density at radius 1 is 1.30 bits per heavy atom. The van der Waals surface area contributed by atoms with Crippen molar-refractivity contribution >= 4 is 22.8 Å². The number of H-pyrrole nitrogens is 1.